The summed E-state index contributed by atoms with van der Waals surface area (Å²) in [6.45, 7) is 0.261. The number of hydrogen-bond donors (Lipinski definition) is 1. The van der Waals surface area contributed by atoms with Crippen LogP contribution in [0.4, 0.5) is 0 Å². The van der Waals surface area contributed by atoms with Crippen molar-refractivity contribution in [3.63, 3.8) is 0 Å². The van der Waals surface area contributed by atoms with Crippen LogP contribution in [0, 0.1) is 0 Å². The van der Waals surface area contributed by atoms with Crippen molar-refractivity contribution in [2.24, 2.45) is 0 Å². The molecule has 7 nitrogen and oxygen atoms in total. The lowest BCUT2D eigenvalue weighted by atomic mass is 9.84. The van der Waals surface area contributed by atoms with E-state index in [1.165, 1.54) is 7.11 Å². The Hall–Kier alpha value is -2.03. The van der Waals surface area contributed by atoms with Gasteiger partial charge in [0.1, 0.15) is 18.0 Å². The number of allylic oxidation sites excluding steroid dienone is 3. The van der Waals surface area contributed by atoms with Crippen molar-refractivity contribution in [2.75, 3.05) is 13.7 Å². The van der Waals surface area contributed by atoms with Crippen LogP contribution in [-0.4, -0.2) is 48.9 Å². The average Bonchev–Trinajstić information content (AvgIpc) is 2.72. The quantitative estimate of drug-likeness (QED) is 0.834. The third-order valence-electron chi connectivity index (χ3n) is 5.63. The van der Waals surface area contributed by atoms with Crippen LogP contribution in [0.5, 0.6) is 0 Å². The molecule has 0 aromatic heterocycles. The Morgan fingerprint density at radius 2 is 2.00 bits per heavy atom. The lowest BCUT2D eigenvalue weighted by Crippen LogP contribution is -2.63. The number of carbonyl (C=O) groups excluding carboxylic acids is 1. The van der Waals surface area contributed by atoms with Gasteiger partial charge in [0.25, 0.3) is 5.79 Å². The highest BCUT2D eigenvalue weighted by molar-refractivity contribution is 5.99. The third-order valence-corrected chi connectivity index (χ3v) is 5.63. The fourth-order valence-corrected chi connectivity index (χ4v) is 4.24. The highest BCUT2D eigenvalue weighted by Gasteiger charge is 2.59. The van der Waals surface area contributed by atoms with Crippen LogP contribution < -0.4 is 0 Å². The van der Waals surface area contributed by atoms with Gasteiger partial charge in [-0.1, -0.05) is 30.3 Å². The molecule has 4 aliphatic rings. The lowest BCUT2D eigenvalue weighted by Gasteiger charge is -2.51. The topological polar surface area (TPSA) is 83.5 Å². The summed E-state index contributed by atoms with van der Waals surface area (Å²) in [4.78, 5) is 12.4. The van der Waals surface area contributed by atoms with E-state index in [9.17, 15) is 9.90 Å². The van der Waals surface area contributed by atoms with Gasteiger partial charge in [-0.2, -0.15) is 0 Å². The molecule has 0 bridgehead atoms. The molecule has 2 saturated heterocycles. The molecule has 0 spiro atoms. The standard InChI is InChI=1S/C21H22O7/c1-24-20-21(23)14(10-13-15(22)8-5-9-16(13)28-21)18-17(26-20)11-25-19(27-18)12-6-3-2-4-7-12/h2-4,6-7,10,17-20,23H,5,8-9,11H2,1H3/t17-,18+,19-,20+,21-/m1/s1. The molecule has 2 fully saturated rings. The summed E-state index contributed by atoms with van der Waals surface area (Å²) in [5, 5.41) is 11.4. The number of aliphatic hydroxyl groups is 1. The number of methoxy groups -OCH3 is 1. The maximum atomic E-state index is 12.4. The van der Waals surface area contributed by atoms with Crippen molar-refractivity contribution in [1.82, 2.24) is 0 Å². The average molecular weight is 386 g/mol. The summed E-state index contributed by atoms with van der Waals surface area (Å²) >= 11 is 0. The van der Waals surface area contributed by atoms with E-state index in [4.69, 9.17) is 23.7 Å². The first-order chi connectivity index (χ1) is 13.6. The molecule has 0 radical (unpaired) electrons. The first-order valence-corrected chi connectivity index (χ1v) is 9.50. The summed E-state index contributed by atoms with van der Waals surface area (Å²) in [7, 11) is 1.44. The highest BCUT2D eigenvalue weighted by Crippen LogP contribution is 2.47. The molecule has 5 rings (SSSR count). The number of fused-ring (bicyclic) bond motifs is 3. The van der Waals surface area contributed by atoms with Crippen molar-refractivity contribution in [3.05, 3.63) is 58.9 Å². The summed E-state index contributed by atoms with van der Waals surface area (Å²) in [5.74, 6) is -1.34. The van der Waals surface area contributed by atoms with Gasteiger partial charge in [-0.15, -0.1) is 0 Å². The van der Waals surface area contributed by atoms with Crippen LogP contribution in [-0.2, 0) is 28.5 Å². The first kappa shape index (κ1) is 18.0. The smallest absolute Gasteiger partial charge is 0.285 e. The molecule has 148 valence electrons. The van der Waals surface area contributed by atoms with Crippen molar-refractivity contribution in [1.29, 1.82) is 0 Å². The molecule has 0 unspecified atom stereocenters. The molecular formula is C21H22O7. The van der Waals surface area contributed by atoms with Crippen molar-refractivity contribution in [3.8, 4) is 0 Å². The van der Waals surface area contributed by atoms with Crippen LogP contribution in [0.25, 0.3) is 0 Å². The molecule has 1 aromatic carbocycles. The SMILES string of the molecule is CO[C@H]1O[C@@H]2CO[C@@H](c3ccccc3)O[C@H]2C2=CC3=C(CCCC3=O)O[C@]21O. The lowest BCUT2D eigenvalue weighted by molar-refractivity contribution is -0.376. The number of benzene rings is 1. The van der Waals surface area contributed by atoms with Gasteiger partial charge in [0.05, 0.1) is 12.2 Å². The van der Waals surface area contributed by atoms with E-state index < -0.39 is 30.6 Å². The van der Waals surface area contributed by atoms with Gasteiger partial charge in [-0.3, -0.25) is 4.79 Å². The maximum Gasteiger partial charge on any atom is 0.285 e. The van der Waals surface area contributed by atoms with Gasteiger partial charge >= 0.3 is 0 Å². The molecule has 1 N–H and O–H groups in total. The van der Waals surface area contributed by atoms with Crippen LogP contribution in [0.2, 0.25) is 0 Å². The van der Waals surface area contributed by atoms with Crippen LogP contribution in [0.15, 0.2) is 53.3 Å². The third kappa shape index (κ3) is 2.74. The Kier molecular flexibility index (Phi) is 4.37. The normalized spacial score (nSPS) is 37.4. The molecule has 0 saturated carbocycles. The van der Waals surface area contributed by atoms with Crippen molar-refractivity contribution in [2.45, 2.75) is 49.8 Å². The first-order valence-electron chi connectivity index (χ1n) is 9.50. The largest absolute Gasteiger partial charge is 0.457 e. The van der Waals surface area contributed by atoms with E-state index in [1.54, 1.807) is 6.08 Å². The Balaban J connectivity index is 1.54. The Bertz CT molecular complexity index is 846. The Morgan fingerprint density at radius 3 is 2.79 bits per heavy atom. The fourth-order valence-electron chi connectivity index (χ4n) is 4.24. The number of carbonyl (C=O) groups is 1. The van der Waals surface area contributed by atoms with E-state index >= 15 is 0 Å². The summed E-state index contributed by atoms with van der Waals surface area (Å²) in [6, 6.07) is 9.56. The molecule has 5 atom stereocenters. The second kappa shape index (κ2) is 6.79. The van der Waals surface area contributed by atoms with Crippen LogP contribution >= 0.6 is 0 Å². The van der Waals surface area contributed by atoms with Gasteiger partial charge in [0.15, 0.2) is 12.1 Å². The minimum absolute atomic E-state index is 0.0134. The molecule has 3 heterocycles. The molecule has 28 heavy (non-hydrogen) atoms. The molecule has 1 aliphatic carbocycles. The van der Waals surface area contributed by atoms with E-state index in [0.29, 0.717) is 36.2 Å². The van der Waals surface area contributed by atoms with Gasteiger partial charge in [0, 0.05) is 31.1 Å². The summed E-state index contributed by atoms with van der Waals surface area (Å²) in [6.07, 6.45) is 0.703. The number of ketones is 1. The molecule has 3 aliphatic heterocycles. The minimum atomic E-state index is -1.84. The zero-order valence-corrected chi connectivity index (χ0v) is 15.5. The van der Waals surface area contributed by atoms with Gasteiger partial charge in [-0.05, 0) is 12.5 Å². The number of Topliss-reactive ketones (excluding diaryl/α,β-unsaturated/α-hetero) is 1. The van der Waals surface area contributed by atoms with E-state index in [0.717, 1.165) is 5.56 Å². The van der Waals surface area contributed by atoms with Crippen LogP contribution in [0.3, 0.4) is 0 Å². The van der Waals surface area contributed by atoms with E-state index in [1.807, 2.05) is 30.3 Å². The zero-order valence-electron chi connectivity index (χ0n) is 15.5. The monoisotopic (exact) mass is 386 g/mol. The molecular weight excluding hydrogens is 364 g/mol. The molecule has 7 heteroatoms. The number of rotatable bonds is 2. The van der Waals surface area contributed by atoms with Gasteiger partial charge < -0.3 is 28.8 Å². The van der Waals surface area contributed by atoms with Gasteiger partial charge in [-0.25, -0.2) is 0 Å². The second-order valence-electron chi connectivity index (χ2n) is 7.39. The van der Waals surface area contributed by atoms with E-state index in [-0.39, 0.29) is 12.4 Å². The predicted molar refractivity (Wildman–Crippen MR) is 95.7 cm³/mol. The highest BCUT2D eigenvalue weighted by atomic mass is 16.8. The van der Waals surface area contributed by atoms with E-state index in [2.05, 4.69) is 0 Å². The summed E-state index contributed by atoms with van der Waals surface area (Å²) < 4.78 is 29.2. The molecule has 0 amide bonds. The predicted octanol–water partition coefficient (Wildman–Crippen LogP) is 2.12. The Morgan fingerprint density at radius 1 is 1.18 bits per heavy atom. The summed E-state index contributed by atoms with van der Waals surface area (Å²) in [5.41, 5.74) is 1.81. The zero-order chi connectivity index (χ0) is 19.3. The minimum Gasteiger partial charge on any atom is -0.457 e. The molecule has 1 aromatic rings. The number of ether oxygens (including phenoxy) is 5. The van der Waals surface area contributed by atoms with Crippen molar-refractivity contribution >= 4 is 5.78 Å². The second-order valence-corrected chi connectivity index (χ2v) is 7.39. The number of hydrogen-bond acceptors (Lipinski definition) is 7. The van der Waals surface area contributed by atoms with Crippen molar-refractivity contribution < 1.29 is 33.6 Å². The fraction of sp³-hybridized carbons (Fsp3) is 0.476. The van der Waals surface area contributed by atoms with Gasteiger partial charge in [0.2, 0.25) is 6.29 Å². The maximum absolute atomic E-state index is 12.4. The van der Waals surface area contributed by atoms with Crippen LogP contribution in [0.1, 0.15) is 31.1 Å². The Labute approximate surface area is 162 Å².